The fourth-order valence-electron chi connectivity index (χ4n) is 2.60. The Morgan fingerprint density at radius 1 is 1.12 bits per heavy atom. The van der Waals surface area contributed by atoms with Crippen LogP contribution in [0.25, 0.3) is 5.70 Å². The van der Waals surface area contributed by atoms with E-state index in [1.165, 1.54) is 17.5 Å². The molecular formula is C22H26ClN3. The zero-order chi connectivity index (χ0) is 18.8. The topological polar surface area (TPSA) is 36.8 Å². The van der Waals surface area contributed by atoms with Crippen molar-refractivity contribution in [1.29, 1.82) is 0 Å². The average Bonchev–Trinajstić information content (AvgIpc) is 2.63. The van der Waals surface area contributed by atoms with Gasteiger partial charge < -0.3 is 5.32 Å². The monoisotopic (exact) mass is 367 g/mol. The van der Waals surface area contributed by atoms with Gasteiger partial charge in [-0.25, -0.2) is 0 Å². The van der Waals surface area contributed by atoms with Crippen molar-refractivity contribution in [3.05, 3.63) is 83.0 Å². The fraction of sp³-hybridized carbons (Fsp3) is 0.273. The van der Waals surface area contributed by atoms with Gasteiger partial charge >= 0.3 is 0 Å². The Hall–Kier alpha value is -2.39. The summed E-state index contributed by atoms with van der Waals surface area (Å²) in [5.41, 5.74) is 5.12. The van der Waals surface area contributed by atoms with Crippen LogP contribution in [0.15, 0.2) is 71.5 Å². The van der Waals surface area contributed by atoms with Crippen molar-refractivity contribution < 1.29 is 0 Å². The molecule has 0 heterocycles. The van der Waals surface area contributed by atoms with Crippen LogP contribution >= 0.6 is 11.6 Å². The Bertz CT molecular complexity index is 776. The number of nitrogens with one attached hydrogen (secondary N) is 1. The summed E-state index contributed by atoms with van der Waals surface area (Å²) in [5, 5.41) is 12.1. The van der Waals surface area contributed by atoms with E-state index in [0.29, 0.717) is 10.7 Å². The van der Waals surface area contributed by atoms with Crippen molar-refractivity contribution in [2.24, 2.45) is 10.2 Å². The van der Waals surface area contributed by atoms with Gasteiger partial charge in [0, 0.05) is 29.0 Å². The van der Waals surface area contributed by atoms with Crippen LogP contribution in [0.4, 0.5) is 5.69 Å². The number of nitrogens with zero attached hydrogens (tertiary/aromatic N) is 2. The van der Waals surface area contributed by atoms with E-state index in [-0.39, 0.29) is 0 Å². The van der Waals surface area contributed by atoms with Crippen LogP contribution < -0.4 is 5.32 Å². The van der Waals surface area contributed by atoms with E-state index < -0.39 is 0 Å². The number of anilines is 1. The van der Waals surface area contributed by atoms with E-state index in [2.05, 4.69) is 53.3 Å². The summed E-state index contributed by atoms with van der Waals surface area (Å²) in [4.78, 5) is 0. The molecule has 1 N–H and O–H groups in total. The molecule has 2 aromatic rings. The summed E-state index contributed by atoms with van der Waals surface area (Å²) in [6, 6.07) is 14.6. The van der Waals surface area contributed by atoms with Crippen molar-refractivity contribution in [3.63, 3.8) is 0 Å². The number of azo groups is 1. The zero-order valence-corrected chi connectivity index (χ0v) is 16.3. The summed E-state index contributed by atoms with van der Waals surface area (Å²) in [6.07, 6.45) is 6.71. The van der Waals surface area contributed by atoms with Gasteiger partial charge in [-0.05, 0) is 49.1 Å². The molecule has 0 aromatic heterocycles. The molecule has 0 fully saturated rings. The molecule has 0 unspecified atom stereocenters. The van der Waals surface area contributed by atoms with Gasteiger partial charge in [0.05, 0.1) is 5.70 Å². The van der Waals surface area contributed by atoms with Gasteiger partial charge in [-0.15, -0.1) is 0 Å². The van der Waals surface area contributed by atoms with Crippen LogP contribution in [0.3, 0.4) is 0 Å². The van der Waals surface area contributed by atoms with E-state index in [1.54, 1.807) is 6.20 Å². The Morgan fingerprint density at radius 2 is 1.81 bits per heavy atom. The van der Waals surface area contributed by atoms with Crippen LogP contribution in [0.2, 0.25) is 5.02 Å². The smallest absolute Gasteiger partial charge is 0.0858 e. The number of hydrogen-bond donors (Lipinski definition) is 1. The maximum Gasteiger partial charge on any atom is 0.0858 e. The van der Waals surface area contributed by atoms with Crippen LogP contribution in [-0.2, 0) is 12.8 Å². The Balaban J connectivity index is 1.95. The summed E-state index contributed by atoms with van der Waals surface area (Å²) in [7, 11) is 0. The van der Waals surface area contributed by atoms with Crippen LogP contribution in [0.1, 0.15) is 37.0 Å². The quantitative estimate of drug-likeness (QED) is 0.480. The first-order valence-electron chi connectivity index (χ1n) is 8.96. The maximum absolute atomic E-state index is 6.23. The maximum atomic E-state index is 6.23. The lowest BCUT2D eigenvalue weighted by atomic mass is 10.1. The summed E-state index contributed by atoms with van der Waals surface area (Å²) >= 11 is 6.23. The summed E-state index contributed by atoms with van der Waals surface area (Å²) < 4.78 is 0. The second-order valence-corrected chi connectivity index (χ2v) is 6.55. The van der Waals surface area contributed by atoms with Crippen LogP contribution in [-0.4, -0.2) is 6.54 Å². The molecule has 0 aliphatic heterocycles. The molecule has 26 heavy (non-hydrogen) atoms. The molecule has 0 saturated heterocycles. The molecule has 136 valence electrons. The molecule has 2 aromatic carbocycles. The zero-order valence-electron chi connectivity index (χ0n) is 15.5. The summed E-state index contributed by atoms with van der Waals surface area (Å²) in [5.74, 6) is 0. The van der Waals surface area contributed by atoms with Gasteiger partial charge in [-0.2, -0.15) is 10.2 Å². The largest absolute Gasteiger partial charge is 0.385 e. The predicted octanol–water partition coefficient (Wildman–Crippen LogP) is 6.90. The SMILES string of the molecule is C=C(/N=N\C=C/C)c1cc(Cl)cc(NCCc2ccc(CCC)cc2)c1. The van der Waals surface area contributed by atoms with E-state index in [1.807, 2.05) is 31.2 Å². The molecule has 0 amide bonds. The first-order valence-corrected chi connectivity index (χ1v) is 9.33. The number of halogens is 1. The van der Waals surface area contributed by atoms with Crippen molar-refractivity contribution in [2.45, 2.75) is 33.1 Å². The van der Waals surface area contributed by atoms with Gasteiger partial charge in [0.2, 0.25) is 0 Å². The number of hydrogen-bond acceptors (Lipinski definition) is 3. The molecule has 0 aliphatic rings. The minimum atomic E-state index is 0.583. The van der Waals surface area contributed by atoms with E-state index in [4.69, 9.17) is 11.6 Å². The van der Waals surface area contributed by atoms with Gasteiger partial charge in [0.25, 0.3) is 0 Å². The lowest BCUT2D eigenvalue weighted by Crippen LogP contribution is -2.05. The highest BCUT2D eigenvalue weighted by Crippen LogP contribution is 2.24. The molecule has 2 rings (SSSR count). The summed E-state index contributed by atoms with van der Waals surface area (Å²) in [6.45, 7) is 8.87. The molecule has 0 saturated carbocycles. The number of benzene rings is 2. The minimum absolute atomic E-state index is 0.583. The Kier molecular flexibility index (Phi) is 8.10. The number of rotatable bonds is 9. The standard InChI is InChI=1S/C22H26ClN3/c1-4-6-18-7-9-19(10-8-18)11-13-24-22-15-20(14-21(23)16-22)17(3)26-25-12-5-2/h5,7-10,12,14-16,24H,3-4,6,11,13H2,1-2H3/b12-5-,26-25-. The molecule has 0 spiro atoms. The first-order chi connectivity index (χ1) is 12.6. The third kappa shape index (κ3) is 6.49. The molecule has 0 bridgehead atoms. The predicted molar refractivity (Wildman–Crippen MR) is 113 cm³/mol. The van der Waals surface area contributed by atoms with Crippen molar-refractivity contribution in [2.75, 3.05) is 11.9 Å². The highest BCUT2D eigenvalue weighted by molar-refractivity contribution is 6.31. The van der Waals surface area contributed by atoms with Gasteiger partial charge in [0.1, 0.15) is 0 Å². The molecule has 0 atom stereocenters. The fourth-order valence-corrected chi connectivity index (χ4v) is 2.83. The van der Waals surface area contributed by atoms with Gasteiger partial charge in [0.15, 0.2) is 0 Å². The molecule has 0 aliphatic carbocycles. The molecular weight excluding hydrogens is 342 g/mol. The molecule has 3 nitrogen and oxygen atoms in total. The Labute approximate surface area is 161 Å². The third-order valence-electron chi connectivity index (χ3n) is 3.93. The second-order valence-electron chi connectivity index (χ2n) is 6.12. The second kappa shape index (κ2) is 10.6. The van der Waals surface area contributed by atoms with Gasteiger partial charge in [-0.3, -0.25) is 0 Å². The molecule has 4 heteroatoms. The number of allylic oxidation sites excluding steroid dienone is 1. The van der Waals surface area contributed by atoms with Gasteiger partial charge in [-0.1, -0.05) is 61.9 Å². The number of aryl methyl sites for hydroxylation is 1. The van der Waals surface area contributed by atoms with E-state index in [9.17, 15) is 0 Å². The third-order valence-corrected chi connectivity index (χ3v) is 4.15. The average molecular weight is 368 g/mol. The van der Waals surface area contributed by atoms with Crippen molar-refractivity contribution >= 4 is 23.0 Å². The van der Waals surface area contributed by atoms with Crippen LogP contribution in [0.5, 0.6) is 0 Å². The molecule has 0 radical (unpaired) electrons. The van der Waals surface area contributed by atoms with Crippen LogP contribution in [0, 0.1) is 0 Å². The van der Waals surface area contributed by atoms with Crippen molar-refractivity contribution in [3.8, 4) is 0 Å². The highest BCUT2D eigenvalue weighted by Gasteiger charge is 2.03. The normalized spacial score (nSPS) is 11.3. The Morgan fingerprint density at radius 3 is 2.46 bits per heavy atom. The van der Waals surface area contributed by atoms with E-state index >= 15 is 0 Å². The minimum Gasteiger partial charge on any atom is -0.385 e. The highest BCUT2D eigenvalue weighted by atomic mass is 35.5. The van der Waals surface area contributed by atoms with Crippen molar-refractivity contribution in [1.82, 2.24) is 0 Å². The van der Waals surface area contributed by atoms with E-state index in [0.717, 1.165) is 30.6 Å². The first kappa shape index (κ1) is 19.9. The lowest BCUT2D eigenvalue weighted by Gasteiger charge is -2.10. The lowest BCUT2D eigenvalue weighted by molar-refractivity contribution is 0.918.